The van der Waals surface area contributed by atoms with Crippen molar-refractivity contribution in [3.63, 3.8) is 0 Å². The van der Waals surface area contributed by atoms with E-state index in [1.54, 1.807) is 6.92 Å². The highest BCUT2D eigenvalue weighted by Gasteiger charge is 1.73. The lowest BCUT2D eigenvalue weighted by Crippen LogP contribution is -2.17. The highest BCUT2D eigenvalue weighted by molar-refractivity contribution is 5.75. The average molecular weight is 85.1 g/mol. The lowest BCUT2D eigenvalue weighted by Gasteiger charge is -1.92. The van der Waals surface area contributed by atoms with E-state index in [-0.39, 0.29) is 0 Å². The van der Waals surface area contributed by atoms with Crippen molar-refractivity contribution in [1.82, 2.24) is 5.32 Å². The molecule has 0 aromatic carbocycles. The molecule has 0 spiro atoms. The molecule has 0 bridgehead atoms. The van der Waals surface area contributed by atoms with E-state index in [0.29, 0.717) is 12.4 Å². The van der Waals surface area contributed by atoms with Crippen molar-refractivity contribution in [2.45, 2.75) is 6.92 Å². The molecule has 0 aromatic rings. The first-order valence-electron chi connectivity index (χ1n) is 1.85. The fourth-order valence-corrected chi connectivity index (χ4v) is 0.187. The normalized spacial score (nSPS) is 7.67. The molecular weight excluding hydrogens is 76.1 g/mol. The van der Waals surface area contributed by atoms with E-state index in [1.807, 2.05) is 0 Å². The van der Waals surface area contributed by atoms with Crippen molar-refractivity contribution in [3.05, 3.63) is 6.92 Å². The van der Waals surface area contributed by atoms with Gasteiger partial charge in [-0.25, -0.2) is 0 Å². The minimum atomic E-state index is 0.477. The van der Waals surface area contributed by atoms with Crippen molar-refractivity contribution in [1.29, 1.82) is 5.41 Å². The molecule has 0 aliphatic carbocycles. The van der Waals surface area contributed by atoms with Gasteiger partial charge in [0, 0.05) is 6.54 Å². The quantitative estimate of drug-likeness (QED) is 0.351. The van der Waals surface area contributed by atoms with Gasteiger partial charge in [0.1, 0.15) is 0 Å². The summed E-state index contributed by atoms with van der Waals surface area (Å²) >= 11 is 0. The molecule has 0 heterocycles. The minimum absolute atomic E-state index is 0.477. The predicted molar refractivity (Wildman–Crippen MR) is 26.8 cm³/mol. The summed E-state index contributed by atoms with van der Waals surface area (Å²) in [6.07, 6.45) is 0. The van der Waals surface area contributed by atoms with Crippen molar-refractivity contribution >= 4 is 5.84 Å². The number of nitrogens with one attached hydrogen (secondary N) is 2. The Bertz CT molecular complexity index is 49.5. The summed E-state index contributed by atoms with van der Waals surface area (Å²) < 4.78 is 0. The smallest absolute Gasteiger partial charge is 0.0899 e. The Kier molecular flexibility index (Phi) is 2.46. The summed E-state index contributed by atoms with van der Waals surface area (Å²) in [5, 5.41) is 9.42. The number of amidine groups is 1. The average Bonchev–Trinajstić information content (AvgIpc) is 1.35. The van der Waals surface area contributed by atoms with Crippen LogP contribution < -0.4 is 5.32 Å². The lowest BCUT2D eigenvalue weighted by molar-refractivity contribution is 1.02. The van der Waals surface area contributed by atoms with Crippen molar-refractivity contribution < 1.29 is 0 Å². The third-order valence-electron chi connectivity index (χ3n) is 0.390. The summed E-state index contributed by atoms with van der Waals surface area (Å²) in [5.74, 6) is 0.477. The molecular formula is C4H9N2. The number of hydrogen-bond donors (Lipinski definition) is 2. The maximum absolute atomic E-state index is 6.74. The second-order valence-electron chi connectivity index (χ2n) is 1.05. The first kappa shape index (κ1) is 5.47. The summed E-state index contributed by atoms with van der Waals surface area (Å²) in [5.41, 5.74) is 0. The molecule has 0 aromatic heterocycles. The van der Waals surface area contributed by atoms with Crippen LogP contribution in [0.3, 0.4) is 0 Å². The SMILES string of the molecule is [CH2]CNC(C)=N. The van der Waals surface area contributed by atoms with Crippen LogP contribution in [0.15, 0.2) is 0 Å². The van der Waals surface area contributed by atoms with Gasteiger partial charge in [0.15, 0.2) is 0 Å². The molecule has 35 valence electrons. The van der Waals surface area contributed by atoms with Crippen LogP contribution >= 0.6 is 0 Å². The lowest BCUT2D eigenvalue weighted by atomic mass is 10.6. The van der Waals surface area contributed by atoms with E-state index in [1.165, 1.54) is 0 Å². The Morgan fingerprint density at radius 2 is 2.50 bits per heavy atom. The largest absolute Gasteiger partial charge is 0.374 e. The molecule has 0 aliphatic rings. The highest BCUT2D eigenvalue weighted by Crippen LogP contribution is 1.55. The molecule has 0 fully saturated rings. The standard InChI is InChI=1S/C4H9N2/c1-3-6-4(2)5/h1,3H2,2H3,(H2,5,6). The molecule has 2 heteroatoms. The Labute approximate surface area is 38.1 Å². The first-order valence-corrected chi connectivity index (χ1v) is 1.85. The van der Waals surface area contributed by atoms with Crippen molar-refractivity contribution in [2.75, 3.05) is 6.54 Å². The van der Waals surface area contributed by atoms with Gasteiger partial charge in [-0.2, -0.15) is 0 Å². The van der Waals surface area contributed by atoms with Gasteiger partial charge in [-0.15, -0.1) is 0 Å². The molecule has 0 amide bonds. The van der Waals surface area contributed by atoms with Crippen molar-refractivity contribution in [2.24, 2.45) is 0 Å². The third-order valence-corrected chi connectivity index (χ3v) is 0.390. The van der Waals surface area contributed by atoms with Gasteiger partial charge in [-0.05, 0) is 13.8 Å². The molecule has 0 saturated heterocycles. The third kappa shape index (κ3) is 3.47. The van der Waals surface area contributed by atoms with E-state index < -0.39 is 0 Å². The van der Waals surface area contributed by atoms with Crippen LogP contribution in [0.2, 0.25) is 0 Å². The van der Waals surface area contributed by atoms with Gasteiger partial charge in [0.05, 0.1) is 5.84 Å². The van der Waals surface area contributed by atoms with E-state index in [0.717, 1.165) is 0 Å². The van der Waals surface area contributed by atoms with E-state index in [2.05, 4.69) is 12.2 Å². The van der Waals surface area contributed by atoms with Crippen LogP contribution in [0.5, 0.6) is 0 Å². The minimum Gasteiger partial charge on any atom is -0.374 e. The second-order valence-corrected chi connectivity index (χ2v) is 1.05. The van der Waals surface area contributed by atoms with Crippen LogP contribution in [0.25, 0.3) is 0 Å². The summed E-state index contributed by atoms with van der Waals surface area (Å²) in [7, 11) is 0. The second kappa shape index (κ2) is 2.69. The zero-order valence-corrected chi connectivity index (χ0v) is 3.91. The summed E-state index contributed by atoms with van der Waals surface area (Å²) in [4.78, 5) is 0. The molecule has 0 aliphatic heterocycles. The van der Waals surface area contributed by atoms with Gasteiger partial charge in [0.25, 0.3) is 0 Å². The predicted octanol–water partition coefficient (Wildman–Crippen LogP) is 0.407. The topological polar surface area (TPSA) is 35.9 Å². The highest BCUT2D eigenvalue weighted by atomic mass is 14.9. The maximum atomic E-state index is 6.74. The van der Waals surface area contributed by atoms with Gasteiger partial charge in [-0.3, -0.25) is 5.41 Å². The van der Waals surface area contributed by atoms with Gasteiger partial charge >= 0.3 is 0 Å². The summed E-state index contributed by atoms with van der Waals surface area (Å²) in [6, 6.07) is 0. The monoisotopic (exact) mass is 85.1 g/mol. The molecule has 2 nitrogen and oxygen atoms in total. The van der Waals surface area contributed by atoms with Crippen LogP contribution in [0, 0.1) is 12.3 Å². The van der Waals surface area contributed by atoms with Crippen LogP contribution in [-0.2, 0) is 0 Å². The van der Waals surface area contributed by atoms with Crippen LogP contribution in [0.1, 0.15) is 6.92 Å². The Morgan fingerprint density at radius 1 is 2.00 bits per heavy atom. The van der Waals surface area contributed by atoms with Gasteiger partial charge < -0.3 is 5.32 Å². The molecule has 0 atom stereocenters. The molecule has 0 unspecified atom stereocenters. The van der Waals surface area contributed by atoms with Crippen molar-refractivity contribution in [3.8, 4) is 0 Å². The molecule has 2 N–H and O–H groups in total. The molecule has 1 radical (unpaired) electrons. The Balaban J connectivity index is 2.83. The fourth-order valence-electron chi connectivity index (χ4n) is 0.187. The van der Waals surface area contributed by atoms with Crippen LogP contribution in [-0.4, -0.2) is 12.4 Å². The Morgan fingerprint density at radius 3 is 2.50 bits per heavy atom. The van der Waals surface area contributed by atoms with E-state index >= 15 is 0 Å². The fraction of sp³-hybridized carbons (Fsp3) is 0.500. The number of hydrogen-bond acceptors (Lipinski definition) is 1. The van der Waals surface area contributed by atoms with Gasteiger partial charge in [-0.1, -0.05) is 0 Å². The molecule has 0 saturated carbocycles. The number of rotatable bonds is 1. The van der Waals surface area contributed by atoms with Gasteiger partial charge in [0.2, 0.25) is 0 Å². The molecule has 6 heavy (non-hydrogen) atoms. The first-order chi connectivity index (χ1) is 2.77. The van der Waals surface area contributed by atoms with E-state index in [9.17, 15) is 0 Å². The zero-order valence-electron chi connectivity index (χ0n) is 3.91. The zero-order chi connectivity index (χ0) is 4.99. The maximum Gasteiger partial charge on any atom is 0.0899 e. The van der Waals surface area contributed by atoms with Crippen LogP contribution in [0.4, 0.5) is 0 Å². The van der Waals surface area contributed by atoms with E-state index in [4.69, 9.17) is 5.41 Å². The molecule has 0 rings (SSSR count). The Hall–Kier alpha value is -0.530. The summed E-state index contributed by atoms with van der Waals surface area (Å²) in [6.45, 7) is 5.77.